The van der Waals surface area contributed by atoms with Crippen molar-refractivity contribution < 1.29 is 4.79 Å². The van der Waals surface area contributed by atoms with Gasteiger partial charge in [-0.05, 0) is 17.7 Å². The molecular formula is C14H17BrN4O. The molecule has 1 amide bonds. The number of amides is 1. The van der Waals surface area contributed by atoms with E-state index in [4.69, 9.17) is 0 Å². The molecule has 2 N–H and O–H groups in total. The molecule has 2 rings (SSSR count). The van der Waals surface area contributed by atoms with Crippen molar-refractivity contribution in [1.29, 1.82) is 0 Å². The van der Waals surface area contributed by atoms with Gasteiger partial charge in [0, 0.05) is 16.4 Å². The minimum Gasteiger partial charge on any atom is -0.345 e. The van der Waals surface area contributed by atoms with Gasteiger partial charge in [0.1, 0.15) is 5.82 Å². The average Bonchev–Trinajstić information content (AvgIpc) is 2.85. The molecule has 0 saturated heterocycles. The van der Waals surface area contributed by atoms with Crippen molar-refractivity contribution in [2.45, 2.75) is 32.7 Å². The van der Waals surface area contributed by atoms with E-state index < -0.39 is 0 Å². The first-order chi connectivity index (χ1) is 9.36. The van der Waals surface area contributed by atoms with Crippen LogP contribution >= 0.6 is 15.9 Å². The van der Waals surface area contributed by atoms with E-state index in [1.807, 2.05) is 45.0 Å². The molecule has 1 heterocycles. The largest absolute Gasteiger partial charge is 0.345 e. The van der Waals surface area contributed by atoms with Crippen molar-refractivity contribution in [2.75, 3.05) is 0 Å². The Kier molecular flexibility index (Phi) is 4.23. The van der Waals surface area contributed by atoms with E-state index in [0.717, 1.165) is 10.0 Å². The number of nitrogens with one attached hydrogen (secondary N) is 2. The Hall–Kier alpha value is -1.69. The summed E-state index contributed by atoms with van der Waals surface area (Å²) in [5.74, 6) is 0.590. The summed E-state index contributed by atoms with van der Waals surface area (Å²) in [6, 6.07) is 7.77. The Morgan fingerprint density at radius 1 is 1.40 bits per heavy atom. The topological polar surface area (TPSA) is 70.7 Å². The molecule has 20 heavy (non-hydrogen) atoms. The van der Waals surface area contributed by atoms with Crippen molar-refractivity contribution >= 4 is 21.8 Å². The van der Waals surface area contributed by atoms with Gasteiger partial charge in [0.2, 0.25) is 5.82 Å². The summed E-state index contributed by atoms with van der Waals surface area (Å²) in [6.45, 7) is 6.47. The third-order valence-corrected chi connectivity index (χ3v) is 3.23. The summed E-state index contributed by atoms with van der Waals surface area (Å²) in [6.07, 6.45) is 0. The fraction of sp³-hybridized carbons (Fsp3) is 0.357. The lowest BCUT2D eigenvalue weighted by Gasteiger charge is -2.12. The highest BCUT2D eigenvalue weighted by molar-refractivity contribution is 9.10. The van der Waals surface area contributed by atoms with Crippen molar-refractivity contribution in [3.8, 4) is 0 Å². The van der Waals surface area contributed by atoms with E-state index in [1.54, 1.807) is 0 Å². The van der Waals surface area contributed by atoms with Crippen LogP contribution < -0.4 is 5.32 Å². The van der Waals surface area contributed by atoms with E-state index >= 15 is 0 Å². The van der Waals surface area contributed by atoms with E-state index in [9.17, 15) is 4.79 Å². The first-order valence-electron chi connectivity index (χ1n) is 6.32. The number of halogens is 1. The van der Waals surface area contributed by atoms with E-state index in [-0.39, 0.29) is 17.1 Å². The lowest BCUT2D eigenvalue weighted by atomic mass is 9.96. The Morgan fingerprint density at radius 3 is 2.75 bits per heavy atom. The third kappa shape index (κ3) is 3.66. The molecule has 0 atom stereocenters. The zero-order chi connectivity index (χ0) is 14.8. The number of carbonyl (C=O) groups is 1. The molecule has 106 valence electrons. The SMILES string of the molecule is CC(C)(C)c1nc(C(=O)NCc2cccc(Br)c2)n[nH]1. The zero-order valence-electron chi connectivity index (χ0n) is 11.7. The summed E-state index contributed by atoms with van der Waals surface area (Å²) in [7, 11) is 0. The summed E-state index contributed by atoms with van der Waals surface area (Å²) in [5, 5.41) is 9.56. The van der Waals surface area contributed by atoms with Crippen LogP contribution in [0.3, 0.4) is 0 Å². The zero-order valence-corrected chi connectivity index (χ0v) is 13.3. The predicted molar refractivity (Wildman–Crippen MR) is 80.4 cm³/mol. The molecule has 0 bridgehead atoms. The van der Waals surface area contributed by atoms with Gasteiger partial charge in [0.25, 0.3) is 5.91 Å². The van der Waals surface area contributed by atoms with Crippen LogP contribution in [0.4, 0.5) is 0 Å². The molecule has 2 aromatic rings. The second kappa shape index (κ2) is 5.75. The quantitative estimate of drug-likeness (QED) is 0.905. The van der Waals surface area contributed by atoms with Crippen LogP contribution in [0, 0.1) is 0 Å². The maximum absolute atomic E-state index is 12.0. The monoisotopic (exact) mass is 336 g/mol. The number of rotatable bonds is 3. The average molecular weight is 337 g/mol. The van der Waals surface area contributed by atoms with Gasteiger partial charge >= 0.3 is 0 Å². The van der Waals surface area contributed by atoms with E-state index in [0.29, 0.717) is 12.4 Å². The molecule has 0 saturated carbocycles. The summed E-state index contributed by atoms with van der Waals surface area (Å²) < 4.78 is 0.983. The number of hydrogen-bond acceptors (Lipinski definition) is 3. The van der Waals surface area contributed by atoms with Gasteiger partial charge in [0.15, 0.2) is 0 Å². The second-order valence-electron chi connectivity index (χ2n) is 5.57. The van der Waals surface area contributed by atoms with Gasteiger partial charge in [-0.15, -0.1) is 5.10 Å². The summed E-state index contributed by atoms with van der Waals surface area (Å²) >= 11 is 3.40. The van der Waals surface area contributed by atoms with Crippen LogP contribution in [-0.2, 0) is 12.0 Å². The predicted octanol–water partition coefficient (Wildman–Crippen LogP) is 2.79. The van der Waals surface area contributed by atoms with Crippen molar-refractivity contribution in [1.82, 2.24) is 20.5 Å². The number of nitrogens with zero attached hydrogens (tertiary/aromatic N) is 2. The van der Waals surface area contributed by atoms with Gasteiger partial charge in [-0.25, -0.2) is 4.98 Å². The van der Waals surface area contributed by atoms with Crippen molar-refractivity contribution in [2.24, 2.45) is 0 Å². The van der Waals surface area contributed by atoms with Crippen molar-refractivity contribution in [3.05, 3.63) is 46.0 Å². The van der Waals surface area contributed by atoms with Gasteiger partial charge < -0.3 is 5.32 Å². The Morgan fingerprint density at radius 2 is 2.15 bits per heavy atom. The molecule has 0 fully saturated rings. The van der Waals surface area contributed by atoms with E-state index in [1.165, 1.54) is 0 Å². The lowest BCUT2D eigenvalue weighted by molar-refractivity contribution is 0.0941. The lowest BCUT2D eigenvalue weighted by Crippen LogP contribution is -2.24. The van der Waals surface area contributed by atoms with Gasteiger partial charge in [-0.1, -0.05) is 48.8 Å². The molecule has 0 aliphatic rings. The normalized spacial score (nSPS) is 11.4. The molecule has 5 nitrogen and oxygen atoms in total. The van der Waals surface area contributed by atoms with Crippen LogP contribution in [0.25, 0.3) is 0 Å². The number of benzene rings is 1. The highest BCUT2D eigenvalue weighted by atomic mass is 79.9. The van der Waals surface area contributed by atoms with Crippen LogP contribution in [0.5, 0.6) is 0 Å². The fourth-order valence-electron chi connectivity index (χ4n) is 1.61. The van der Waals surface area contributed by atoms with E-state index in [2.05, 4.69) is 36.4 Å². The number of hydrogen-bond donors (Lipinski definition) is 2. The Balaban J connectivity index is 2.00. The highest BCUT2D eigenvalue weighted by Crippen LogP contribution is 2.17. The van der Waals surface area contributed by atoms with Crippen LogP contribution in [0.1, 0.15) is 42.8 Å². The second-order valence-corrected chi connectivity index (χ2v) is 6.49. The van der Waals surface area contributed by atoms with Gasteiger partial charge in [0.05, 0.1) is 0 Å². The molecule has 0 aliphatic heterocycles. The number of H-pyrrole nitrogens is 1. The standard InChI is InChI=1S/C14H17BrN4O/c1-14(2,3)13-17-11(18-19-13)12(20)16-8-9-5-4-6-10(15)7-9/h4-7H,8H2,1-3H3,(H,16,20)(H,17,18,19). The molecule has 1 aromatic carbocycles. The molecule has 1 aromatic heterocycles. The summed E-state index contributed by atoms with van der Waals surface area (Å²) in [4.78, 5) is 16.2. The van der Waals surface area contributed by atoms with Gasteiger partial charge in [-0.2, -0.15) is 0 Å². The Bertz CT molecular complexity index is 616. The van der Waals surface area contributed by atoms with Crippen LogP contribution in [0.2, 0.25) is 0 Å². The first kappa shape index (κ1) is 14.7. The number of carbonyl (C=O) groups excluding carboxylic acids is 1. The molecule has 0 aliphatic carbocycles. The molecule has 6 heteroatoms. The summed E-state index contributed by atoms with van der Waals surface area (Å²) in [5.41, 5.74) is 0.856. The van der Waals surface area contributed by atoms with Gasteiger partial charge in [-0.3, -0.25) is 9.89 Å². The Labute approximate surface area is 126 Å². The van der Waals surface area contributed by atoms with Crippen LogP contribution in [0.15, 0.2) is 28.7 Å². The third-order valence-electron chi connectivity index (χ3n) is 2.74. The molecule has 0 unspecified atom stereocenters. The number of aromatic nitrogens is 3. The molecular weight excluding hydrogens is 320 g/mol. The highest BCUT2D eigenvalue weighted by Gasteiger charge is 2.21. The van der Waals surface area contributed by atoms with Crippen LogP contribution in [-0.4, -0.2) is 21.1 Å². The first-order valence-corrected chi connectivity index (χ1v) is 7.11. The maximum atomic E-state index is 12.0. The fourth-order valence-corrected chi connectivity index (χ4v) is 2.05. The molecule has 0 spiro atoms. The minimum absolute atomic E-state index is 0.157. The number of aromatic amines is 1. The smallest absolute Gasteiger partial charge is 0.291 e. The van der Waals surface area contributed by atoms with Crippen molar-refractivity contribution in [3.63, 3.8) is 0 Å². The maximum Gasteiger partial charge on any atom is 0.291 e. The minimum atomic E-state index is -0.281. The molecule has 0 radical (unpaired) electrons.